The molecule has 6 heteroatoms. The second-order valence-electron chi connectivity index (χ2n) is 3.73. The van der Waals surface area contributed by atoms with E-state index in [1.165, 1.54) is 10.4 Å². The minimum absolute atomic E-state index is 0.131. The molecule has 0 unspecified atom stereocenters. The highest BCUT2D eigenvalue weighted by Crippen LogP contribution is 2.19. The summed E-state index contributed by atoms with van der Waals surface area (Å²) >= 11 is 0. The van der Waals surface area contributed by atoms with Gasteiger partial charge in [0.05, 0.1) is 11.9 Å². The fourth-order valence-electron chi connectivity index (χ4n) is 1.76. The zero-order valence-electron chi connectivity index (χ0n) is 9.34. The van der Waals surface area contributed by atoms with Gasteiger partial charge in [0.15, 0.2) is 0 Å². The number of nitrogens with zero attached hydrogens (tertiary/aromatic N) is 1. The zero-order chi connectivity index (χ0) is 12.0. The van der Waals surface area contributed by atoms with Crippen molar-refractivity contribution in [3.05, 3.63) is 12.7 Å². The van der Waals surface area contributed by atoms with Gasteiger partial charge in [-0.3, -0.25) is 0 Å². The number of ether oxygens (including phenoxy) is 1. The average Bonchev–Trinajstić information content (AvgIpc) is 2.30. The molecule has 1 N–H and O–H groups in total. The number of aliphatic hydroxyl groups excluding tert-OH is 1. The summed E-state index contributed by atoms with van der Waals surface area (Å²) in [5.41, 5.74) is 0. The summed E-state index contributed by atoms with van der Waals surface area (Å²) in [4.78, 5) is 0. The number of sulfonamides is 1. The third-order valence-corrected chi connectivity index (χ3v) is 5.00. The average molecular weight is 249 g/mol. The fraction of sp³-hybridized carbons (Fsp3) is 0.800. The third kappa shape index (κ3) is 3.28. The van der Waals surface area contributed by atoms with E-state index < -0.39 is 10.0 Å². The molecule has 5 nitrogen and oxygen atoms in total. The van der Waals surface area contributed by atoms with Crippen molar-refractivity contribution in [2.45, 2.75) is 18.1 Å². The second kappa shape index (κ2) is 6.34. The van der Waals surface area contributed by atoms with Crippen molar-refractivity contribution in [3.63, 3.8) is 0 Å². The summed E-state index contributed by atoms with van der Waals surface area (Å²) in [7, 11) is -3.33. The zero-order valence-corrected chi connectivity index (χ0v) is 10.2. The molecular formula is C10H19NO4S. The van der Waals surface area contributed by atoms with Crippen molar-refractivity contribution in [3.8, 4) is 0 Å². The first-order valence-corrected chi connectivity index (χ1v) is 6.91. The van der Waals surface area contributed by atoms with Crippen molar-refractivity contribution in [2.75, 3.05) is 32.9 Å². The Morgan fingerprint density at radius 3 is 2.56 bits per heavy atom. The first-order valence-electron chi connectivity index (χ1n) is 5.41. The normalized spacial score (nSPS) is 18.9. The van der Waals surface area contributed by atoms with E-state index in [0.29, 0.717) is 26.1 Å². The van der Waals surface area contributed by atoms with Crippen molar-refractivity contribution in [2.24, 2.45) is 0 Å². The highest BCUT2D eigenvalue weighted by molar-refractivity contribution is 7.89. The molecule has 1 aliphatic rings. The molecule has 0 spiro atoms. The van der Waals surface area contributed by atoms with E-state index in [-0.39, 0.29) is 24.9 Å². The summed E-state index contributed by atoms with van der Waals surface area (Å²) in [5, 5.41) is 8.48. The Balaban J connectivity index is 2.74. The Morgan fingerprint density at radius 2 is 2.06 bits per heavy atom. The quantitative estimate of drug-likeness (QED) is 0.672. The molecule has 1 rings (SSSR count). The number of aliphatic hydroxyl groups is 1. The molecule has 0 atom stereocenters. The summed E-state index contributed by atoms with van der Waals surface area (Å²) in [5.74, 6) is 0. The van der Waals surface area contributed by atoms with Gasteiger partial charge in [-0.05, 0) is 12.8 Å². The lowest BCUT2D eigenvalue weighted by Crippen LogP contribution is -2.42. The van der Waals surface area contributed by atoms with Gasteiger partial charge in [-0.25, -0.2) is 8.42 Å². The Labute approximate surface area is 96.8 Å². The molecule has 0 aromatic carbocycles. The Morgan fingerprint density at radius 1 is 1.44 bits per heavy atom. The minimum Gasteiger partial charge on any atom is -0.395 e. The molecule has 0 aromatic heterocycles. The van der Waals surface area contributed by atoms with Gasteiger partial charge in [-0.1, -0.05) is 6.08 Å². The predicted octanol–water partition coefficient (Wildman–Crippen LogP) is -0.0245. The van der Waals surface area contributed by atoms with Gasteiger partial charge < -0.3 is 9.84 Å². The van der Waals surface area contributed by atoms with Crippen LogP contribution in [0.2, 0.25) is 0 Å². The lowest BCUT2D eigenvalue weighted by Gasteiger charge is -2.28. The van der Waals surface area contributed by atoms with E-state index in [0.717, 1.165) is 0 Å². The van der Waals surface area contributed by atoms with Gasteiger partial charge in [0, 0.05) is 26.3 Å². The maximum atomic E-state index is 12.2. The van der Waals surface area contributed by atoms with Crippen molar-refractivity contribution >= 4 is 10.0 Å². The van der Waals surface area contributed by atoms with Crippen molar-refractivity contribution < 1.29 is 18.3 Å². The molecule has 0 aliphatic carbocycles. The predicted molar refractivity (Wildman–Crippen MR) is 61.6 cm³/mol. The first-order chi connectivity index (χ1) is 7.62. The molecule has 1 heterocycles. The maximum Gasteiger partial charge on any atom is 0.217 e. The molecular weight excluding hydrogens is 230 g/mol. The van der Waals surface area contributed by atoms with Gasteiger partial charge in [-0.2, -0.15) is 4.31 Å². The van der Waals surface area contributed by atoms with Crippen LogP contribution >= 0.6 is 0 Å². The molecule has 0 amide bonds. The van der Waals surface area contributed by atoms with E-state index in [2.05, 4.69) is 6.58 Å². The van der Waals surface area contributed by atoms with E-state index in [4.69, 9.17) is 9.84 Å². The highest BCUT2D eigenvalue weighted by atomic mass is 32.2. The highest BCUT2D eigenvalue weighted by Gasteiger charge is 2.32. The van der Waals surface area contributed by atoms with E-state index in [1.54, 1.807) is 0 Å². The van der Waals surface area contributed by atoms with Crippen LogP contribution in [-0.2, 0) is 14.8 Å². The third-order valence-electron chi connectivity index (χ3n) is 2.63. The molecule has 1 saturated heterocycles. The van der Waals surface area contributed by atoms with E-state index in [1.807, 2.05) is 0 Å². The van der Waals surface area contributed by atoms with Crippen molar-refractivity contribution in [1.82, 2.24) is 4.31 Å². The van der Waals surface area contributed by atoms with Crippen LogP contribution in [0.5, 0.6) is 0 Å². The van der Waals surface area contributed by atoms with Crippen LogP contribution in [0.4, 0.5) is 0 Å². The molecule has 0 radical (unpaired) electrons. The molecule has 94 valence electrons. The molecule has 0 bridgehead atoms. The number of hydrogen-bond acceptors (Lipinski definition) is 4. The SMILES string of the molecule is C=CCN(CCO)S(=O)(=O)C1CCOCC1. The maximum absolute atomic E-state index is 12.2. The van der Waals surface area contributed by atoms with Crippen LogP contribution < -0.4 is 0 Å². The van der Waals surface area contributed by atoms with Crippen LogP contribution in [0.15, 0.2) is 12.7 Å². The minimum atomic E-state index is -3.33. The van der Waals surface area contributed by atoms with Crippen molar-refractivity contribution in [1.29, 1.82) is 0 Å². The van der Waals surface area contributed by atoms with Crippen LogP contribution in [-0.4, -0.2) is 56.0 Å². The lowest BCUT2D eigenvalue weighted by atomic mass is 10.2. The van der Waals surface area contributed by atoms with E-state index in [9.17, 15) is 8.42 Å². The smallest absolute Gasteiger partial charge is 0.217 e. The topological polar surface area (TPSA) is 66.8 Å². The molecule has 1 aliphatic heterocycles. The second-order valence-corrected chi connectivity index (χ2v) is 5.94. The van der Waals surface area contributed by atoms with Crippen LogP contribution in [0.3, 0.4) is 0 Å². The summed E-state index contributed by atoms with van der Waals surface area (Å²) in [6.45, 7) is 4.72. The van der Waals surface area contributed by atoms with Gasteiger partial charge in [-0.15, -0.1) is 6.58 Å². The van der Waals surface area contributed by atoms with Crippen LogP contribution in [0.25, 0.3) is 0 Å². The van der Waals surface area contributed by atoms with Gasteiger partial charge in [0.1, 0.15) is 0 Å². The summed E-state index contributed by atoms with van der Waals surface area (Å²) in [6.07, 6.45) is 2.59. The Hall–Kier alpha value is -0.430. The molecule has 16 heavy (non-hydrogen) atoms. The molecule has 0 saturated carbocycles. The summed E-state index contributed by atoms with van der Waals surface area (Å²) in [6, 6.07) is 0. The number of hydrogen-bond donors (Lipinski definition) is 1. The van der Waals surface area contributed by atoms with Gasteiger partial charge >= 0.3 is 0 Å². The largest absolute Gasteiger partial charge is 0.395 e. The molecule has 1 fully saturated rings. The fourth-order valence-corrected chi connectivity index (χ4v) is 3.62. The Kier molecular flexibility index (Phi) is 5.40. The molecule has 0 aromatic rings. The van der Waals surface area contributed by atoms with Gasteiger partial charge in [0.25, 0.3) is 0 Å². The van der Waals surface area contributed by atoms with Gasteiger partial charge in [0.2, 0.25) is 10.0 Å². The monoisotopic (exact) mass is 249 g/mol. The number of rotatable bonds is 6. The van der Waals surface area contributed by atoms with E-state index >= 15 is 0 Å². The lowest BCUT2D eigenvalue weighted by molar-refractivity contribution is 0.0971. The summed E-state index contributed by atoms with van der Waals surface area (Å²) < 4.78 is 30.8. The van der Waals surface area contributed by atoms with Crippen LogP contribution in [0.1, 0.15) is 12.8 Å². The first kappa shape index (κ1) is 13.6. The Bertz CT molecular complexity index is 309. The van der Waals surface area contributed by atoms with Crippen LogP contribution in [0, 0.1) is 0 Å². The standard InChI is InChI=1S/C10H19NO4S/c1-2-5-11(6-7-12)16(13,14)10-3-8-15-9-4-10/h2,10,12H,1,3-9H2.